The van der Waals surface area contributed by atoms with Crippen molar-refractivity contribution in [3.63, 3.8) is 0 Å². The van der Waals surface area contributed by atoms with Crippen LogP contribution in [0.25, 0.3) is 28.0 Å². The maximum absolute atomic E-state index is 15.1. The zero-order valence-corrected chi connectivity index (χ0v) is 19.3. The van der Waals surface area contributed by atoms with Crippen molar-refractivity contribution in [2.45, 2.75) is 64.2 Å². The first-order valence-electron chi connectivity index (χ1n) is 12.1. The van der Waals surface area contributed by atoms with Crippen LogP contribution in [0.5, 0.6) is 0 Å². The van der Waals surface area contributed by atoms with Gasteiger partial charge in [0, 0.05) is 17.0 Å². The smallest absolute Gasteiger partial charge is 0.206 e. The number of fused-ring (bicyclic) bond motifs is 1. The molecule has 5 heteroatoms. The summed E-state index contributed by atoms with van der Waals surface area (Å²) in [5.41, 5.74) is 0.593. The summed E-state index contributed by atoms with van der Waals surface area (Å²) in [6, 6.07) is 9.86. The van der Waals surface area contributed by atoms with Crippen LogP contribution in [-0.2, 0) is 0 Å². The van der Waals surface area contributed by atoms with Crippen LogP contribution < -0.4 is 0 Å². The molecule has 4 rings (SSSR count). The van der Waals surface area contributed by atoms with Crippen molar-refractivity contribution < 1.29 is 22.0 Å². The topological polar surface area (TPSA) is 0 Å². The van der Waals surface area contributed by atoms with Crippen molar-refractivity contribution in [3.05, 3.63) is 77.1 Å². The van der Waals surface area contributed by atoms with Crippen LogP contribution in [0.4, 0.5) is 22.0 Å². The van der Waals surface area contributed by atoms with E-state index in [4.69, 9.17) is 0 Å². The van der Waals surface area contributed by atoms with Gasteiger partial charge in [0.1, 0.15) is 17.5 Å². The predicted molar refractivity (Wildman–Crippen MR) is 128 cm³/mol. The van der Waals surface area contributed by atoms with Gasteiger partial charge in [0.2, 0.25) is 0 Å². The molecule has 1 fully saturated rings. The van der Waals surface area contributed by atoms with E-state index in [2.05, 4.69) is 6.92 Å². The average molecular weight is 473 g/mol. The number of hydrogen-bond donors (Lipinski definition) is 0. The van der Waals surface area contributed by atoms with Gasteiger partial charge in [-0.1, -0.05) is 56.9 Å². The van der Waals surface area contributed by atoms with Crippen LogP contribution in [0.1, 0.15) is 75.3 Å². The van der Waals surface area contributed by atoms with Gasteiger partial charge in [0.25, 0.3) is 6.08 Å². The first kappa shape index (κ1) is 24.4. The number of halogens is 5. The molecule has 0 bridgehead atoms. The van der Waals surface area contributed by atoms with Crippen LogP contribution in [0.3, 0.4) is 0 Å². The van der Waals surface area contributed by atoms with Crippen molar-refractivity contribution in [2.75, 3.05) is 0 Å². The van der Waals surface area contributed by atoms with E-state index in [0.717, 1.165) is 25.7 Å². The summed E-state index contributed by atoms with van der Waals surface area (Å²) >= 11 is 0. The molecule has 1 aliphatic rings. The van der Waals surface area contributed by atoms with Crippen molar-refractivity contribution in [3.8, 4) is 11.1 Å². The molecule has 0 radical (unpaired) electrons. The van der Waals surface area contributed by atoms with Crippen molar-refractivity contribution in [1.82, 2.24) is 0 Å². The van der Waals surface area contributed by atoms with E-state index in [0.29, 0.717) is 22.9 Å². The van der Waals surface area contributed by atoms with Crippen molar-refractivity contribution >= 4 is 16.8 Å². The normalized spacial score (nSPS) is 18.3. The molecule has 180 valence electrons. The molecule has 0 spiro atoms. The maximum Gasteiger partial charge on any atom is 0.271 e. The van der Waals surface area contributed by atoms with Gasteiger partial charge in [-0.15, -0.1) is 0 Å². The molecular formula is C29H29F5. The highest BCUT2D eigenvalue weighted by Gasteiger charge is 2.24. The van der Waals surface area contributed by atoms with E-state index in [1.807, 2.05) is 0 Å². The van der Waals surface area contributed by atoms with E-state index in [-0.39, 0.29) is 28.0 Å². The second-order valence-corrected chi connectivity index (χ2v) is 9.41. The lowest BCUT2D eigenvalue weighted by molar-refractivity contribution is 0.302. The highest BCUT2D eigenvalue weighted by molar-refractivity contribution is 5.89. The maximum atomic E-state index is 15.1. The van der Waals surface area contributed by atoms with Gasteiger partial charge in [0.15, 0.2) is 0 Å². The summed E-state index contributed by atoms with van der Waals surface area (Å²) in [4.78, 5) is 0. The highest BCUT2D eigenvalue weighted by Crippen LogP contribution is 2.40. The van der Waals surface area contributed by atoms with Crippen LogP contribution in [-0.4, -0.2) is 0 Å². The monoisotopic (exact) mass is 472 g/mol. The fourth-order valence-corrected chi connectivity index (χ4v) is 5.26. The lowest BCUT2D eigenvalue weighted by atomic mass is 9.76. The molecular weight excluding hydrogens is 443 g/mol. The quantitative estimate of drug-likeness (QED) is 0.237. The van der Waals surface area contributed by atoms with E-state index >= 15 is 8.78 Å². The largest absolute Gasteiger partial charge is 0.271 e. The average Bonchev–Trinajstić information content (AvgIpc) is 2.81. The summed E-state index contributed by atoms with van der Waals surface area (Å²) in [6.45, 7) is 2.20. The van der Waals surface area contributed by atoms with Crippen LogP contribution in [0.2, 0.25) is 0 Å². The summed E-state index contributed by atoms with van der Waals surface area (Å²) in [5, 5.41) is 0.502. The molecule has 0 amide bonds. The summed E-state index contributed by atoms with van der Waals surface area (Å²) in [5.74, 6) is -1.20. The summed E-state index contributed by atoms with van der Waals surface area (Å²) in [7, 11) is 0. The van der Waals surface area contributed by atoms with E-state index < -0.39 is 23.5 Å². The third kappa shape index (κ3) is 5.34. The van der Waals surface area contributed by atoms with Gasteiger partial charge < -0.3 is 0 Å². The molecule has 0 nitrogen and oxygen atoms in total. The first-order chi connectivity index (χ1) is 16.4. The van der Waals surface area contributed by atoms with Crippen LogP contribution in [0.15, 0.2) is 48.5 Å². The number of rotatable bonds is 7. The van der Waals surface area contributed by atoms with Gasteiger partial charge in [-0.2, -0.15) is 8.78 Å². The van der Waals surface area contributed by atoms with E-state index in [1.165, 1.54) is 68.1 Å². The molecule has 0 aromatic heterocycles. The molecule has 0 N–H and O–H groups in total. The standard InChI is InChI=1S/C29H29F5/c1-2-3-4-5-18-6-8-19(9-7-18)23-15-25(30)28(26(31)16-23)21-12-13-24-20(14-21)10-11-22(29(24)34)17-27(32)33/h10-19H,2-9H2,1H3. The Morgan fingerprint density at radius 3 is 2.24 bits per heavy atom. The Kier molecular flexibility index (Phi) is 7.70. The van der Waals surface area contributed by atoms with Gasteiger partial charge in [-0.05, 0) is 72.2 Å². The van der Waals surface area contributed by atoms with Gasteiger partial charge in [-0.25, -0.2) is 13.2 Å². The minimum atomic E-state index is -2.00. The van der Waals surface area contributed by atoms with Crippen molar-refractivity contribution in [1.29, 1.82) is 0 Å². The fraction of sp³-hybridized carbons (Fsp3) is 0.379. The fourth-order valence-electron chi connectivity index (χ4n) is 5.26. The summed E-state index contributed by atoms with van der Waals surface area (Å²) in [6.07, 6.45) is 7.51. The number of hydrogen-bond acceptors (Lipinski definition) is 0. The number of benzene rings is 3. The van der Waals surface area contributed by atoms with E-state index in [1.54, 1.807) is 0 Å². The third-order valence-corrected chi connectivity index (χ3v) is 7.14. The van der Waals surface area contributed by atoms with Crippen LogP contribution in [0, 0.1) is 23.4 Å². The lowest BCUT2D eigenvalue weighted by Gasteiger charge is -2.29. The summed E-state index contributed by atoms with van der Waals surface area (Å²) < 4.78 is 69.9. The minimum Gasteiger partial charge on any atom is -0.206 e. The second-order valence-electron chi connectivity index (χ2n) is 9.41. The molecule has 0 heterocycles. The molecule has 34 heavy (non-hydrogen) atoms. The Morgan fingerprint density at radius 2 is 1.59 bits per heavy atom. The van der Waals surface area contributed by atoms with Gasteiger partial charge in [-0.3, -0.25) is 0 Å². The molecule has 1 saturated carbocycles. The Morgan fingerprint density at radius 1 is 0.882 bits per heavy atom. The molecule has 0 aliphatic heterocycles. The predicted octanol–water partition coefficient (Wildman–Crippen LogP) is 10.0. The SMILES string of the molecule is CCCCCC1CCC(c2cc(F)c(-c3ccc4c(F)c(C=C(F)F)ccc4c3)c(F)c2)CC1. The second kappa shape index (κ2) is 10.7. The zero-order valence-electron chi connectivity index (χ0n) is 19.3. The molecule has 3 aromatic carbocycles. The Hall–Kier alpha value is -2.69. The third-order valence-electron chi connectivity index (χ3n) is 7.14. The lowest BCUT2D eigenvalue weighted by Crippen LogP contribution is -2.14. The Bertz CT molecular complexity index is 1160. The van der Waals surface area contributed by atoms with Crippen LogP contribution >= 0.6 is 0 Å². The molecule has 1 aliphatic carbocycles. The molecule has 0 atom stereocenters. The first-order valence-corrected chi connectivity index (χ1v) is 12.1. The Labute approximate surface area is 197 Å². The molecule has 3 aromatic rings. The minimum absolute atomic E-state index is 0.117. The van der Waals surface area contributed by atoms with Gasteiger partial charge in [0.05, 0.1) is 5.56 Å². The highest BCUT2D eigenvalue weighted by atomic mass is 19.3. The van der Waals surface area contributed by atoms with E-state index in [9.17, 15) is 13.2 Å². The number of unbranched alkanes of at least 4 members (excludes halogenated alkanes) is 2. The molecule has 0 unspecified atom stereocenters. The zero-order chi connectivity index (χ0) is 24.2. The van der Waals surface area contributed by atoms with Crippen molar-refractivity contribution in [2.24, 2.45) is 5.92 Å². The van der Waals surface area contributed by atoms with Gasteiger partial charge >= 0.3 is 0 Å². The Balaban J connectivity index is 1.56. The molecule has 0 saturated heterocycles.